The number of methoxy groups -OCH3 is 1. The van der Waals surface area contributed by atoms with Gasteiger partial charge in [0.1, 0.15) is 29.7 Å². The number of hydrogen-bond acceptors (Lipinski definition) is 8. The van der Waals surface area contributed by atoms with Crippen molar-refractivity contribution in [3.63, 3.8) is 0 Å². The number of carbonyl (C=O) groups excluding carboxylic acids is 3. The van der Waals surface area contributed by atoms with Gasteiger partial charge in [-0.2, -0.15) is 0 Å². The highest BCUT2D eigenvalue weighted by Crippen LogP contribution is 2.58. The van der Waals surface area contributed by atoms with Crippen molar-refractivity contribution in [2.45, 2.75) is 122 Å². The number of hydrogen-bond donors (Lipinski definition) is 1. The number of fused-ring (bicyclic) bond motifs is 8. The molecule has 0 radical (unpaired) electrons. The maximum Gasteiger partial charge on any atom is 0.408 e. The summed E-state index contributed by atoms with van der Waals surface area (Å²) in [6.45, 7) is 9.57. The summed E-state index contributed by atoms with van der Waals surface area (Å²) < 4.78 is 18.5. The molecule has 2 amide bonds. The number of ketones is 1. The predicted octanol–water partition coefficient (Wildman–Crippen LogP) is 5.98. The van der Waals surface area contributed by atoms with Crippen molar-refractivity contribution >= 4 is 28.8 Å². The molecule has 7 rings (SSSR count). The third-order valence-corrected chi connectivity index (χ3v) is 11.8. The Balaban J connectivity index is 1.29. The lowest BCUT2D eigenvalue weighted by molar-refractivity contribution is -0.141. The van der Waals surface area contributed by atoms with Gasteiger partial charge >= 0.3 is 6.09 Å². The van der Waals surface area contributed by atoms with E-state index in [2.05, 4.69) is 5.32 Å². The minimum Gasteiger partial charge on any atom is -0.497 e. The van der Waals surface area contributed by atoms with E-state index in [0.717, 1.165) is 56.2 Å². The zero-order chi connectivity index (χ0) is 33.2. The van der Waals surface area contributed by atoms with Crippen LogP contribution < -0.4 is 14.8 Å². The number of benzene rings is 1. The SMILES string of the molecule is CC[C@@H]1[C@@H]2CN(C(=O)[C@H](C(C)(C)C)NC(=O)O[C@@H]3CC4CC4[C@H]3CCCCC3(CC3)c3nc4ccc(OC)cc4nc3O2)[C@@H]1C(C)=O. The van der Waals surface area contributed by atoms with Crippen LogP contribution in [0.5, 0.6) is 11.6 Å². The largest absolute Gasteiger partial charge is 0.497 e. The maximum atomic E-state index is 14.5. The Hall–Kier alpha value is -3.43. The van der Waals surface area contributed by atoms with Crippen LogP contribution in [-0.2, 0) is 19.7 Å². The molecule has 4 fully saturated rings. The van der Waals surface area contributed by atoms with Gasteiger partial charge in [-0.15, -0.1) is 0 Å². The van der Waals surface area contributed by atoms with Gasteiger partial charge in [-0.25, -0.2) is 14.8 Å². The Labute approximate surface area is 277 Å². The minimum absolute atomic E-state index is 0.0985. The zero-order valence-corrected chi connectivity index (χ0v) is 28.7. The summed E-state index contributed by atoms with van der Waals surface area (Å²) in [5, 5.41) is 2.96. The molecule has 1 aromatic carbocycles. The standard InChI is InChI=1S/C37H50N4O6/c1-7-23-29-19-41(30(23)20(2)42)34(43)32(36(3,4)5)40-35(44)47-28-17-21-16-25(21)24(28)10-8-9-13-37(14-15-37)31-33(46-29)39-27-18-22(45-6)11-12-26(27)38-31/h11-12,18,21,23-25,28-30,32H,7-10,13-17,19H2,1-6H3,(H,40,44)/t21?,23-,24-,25?,28-,29+,30-,32-/m1/s1. The minimum atomic E-state index is -0.875. The van der Waals surface area contributed by atoms with Crippen molar-refractivity contribution in [2.75, 3.05) is 13.7 Å². The summed E-state index contributed by atoms with van der Waals surface area (Å²) in [5.41, 5.74) is 1.64. The Kier molecular flexibility index (Phi) is 8.15. The lowest BCUT2D eigenvalue weighted by atomic mass is 9.85. The first-order valence-electron chi connectivity index (χ1n) is 17.7. The summed E-state index contributed by atoms with van der Waals surface area (Å²) in [7, 11) is 1.63. The van der Waals surface area contributed by atoms with Crippen LogP contribution in [0.3, 0.4) is 0 Å². The van der Waals surface area contributed by atoms with Crippen LogP contribution in [0.25, 0.3) is 11.0 Å². The van der Waals surface area contributed by atoms with E-state index in [0.29, 0.717) is 41.3 Å². The van der Waals surface area contributed by atoms with E-state index in [1.54, 1.807) is 12.0 Å². The van der Waals surface area contributed by atoms with Crippen molar-refractivity contribution < 1.29 is 28.6 Å². The fraction of sp³-hybridized carbons (Fsp3) is 0.703. The molecule has 10 heteroatoms. The fourth-order valence-electron chi connectivity index (χ4n) is 9.01. The Morgan fingerprint density at radius 1 is 1.04 bits per heavy atom. The van der Waals surface area contributed by atoms with E-state index in [1.807, 2.05) is 45.9 Å². The van der Waals surface area contributed by atoms with Crippen LogP contribution >= 0.6 is 0 Å². The van der Waals surface area contributed by atoms with Gasteiger partial charge in [0, 0.05) is 17.4 Å². The van der Waals surface area contributed by atoms with Gasteiger partial charge in [-0.1, -0.05) is 40.5 Å². The molecule has 2 unspecified atom stereocenters. The molecule has 1 aromatic heterocycles. The summed E-state index contributed by atoms with van der Waals surface area (Å²) in [4.78, 5) is 53.1. The van der Waals surface area contributed by atoms with Crippen LogP contribution in [0.4, 0.5) is 4.79 Å². The molecule has 8 atom stereocenters. The van der Waals surface area contributed by atoms with E-state index in [1.165, 1.54) is 13.3 Å². The number of nitrogens with one attached hydrogen (secondary N) is 1. The van der Waals surface area contributed by atoms with E-state index in [9.17, 15) is 14.4 Å². The molecule has 1 spiro atoms. The van der Waals surface area contributed by atoms with Crippen LogP contribution in [0.2, 0.25) is 0 Å². The lowest BCUT2D eigenvalue weighted by Gasteiger charge is -2.36. The average Bonchev–Trinajstić information content (AvgIpc) is 3.92. The number of alkyl carbamates (subject to hydrolysis) is 1. The van der Waals surface area contributed by atoms with Crippen molar-refractivity contribution in [1.29, 1.82) is 0 Å². The summed E-state index contributed by atoms with van der Waals surface area (Å²) in [5.74, 6) is 2.16. The molecular weight excluding hydrogens is 596 g/mol. The highest BCUT2D eigenvalue weighted by atomic mass is 16.6. The highest BCUT2D eigenvalue weighted by Gasteiger charge is 2.56. The van der Waals surface area contributed by atoms with Crippen LogP contribution in [0.1, 0.15) is 98.1 Å². The number of ether oxygens (including phenoxy) is 3. The summed E-state index contributed by atoms with van der Waals surface area (Å²) in [6.07, 6.45) is 7.79. The van der Waals surface area contributed by atoms with Gasteiger partial charge in [-0.3, -0.25) is 9.59 Å². The number of Topliss-reactive ketones (excluding diaryl/α,β-unsaturated/α-hetero) is 1. The molecule has 2 aromatic rings. The third kappa shape index (κ3) is 5.94. The van der Waals surface area contributed by atoms with Gasteiger partial charge < -0.3 is 24.4 Å². The van der Waals surface area contributed by atoms with Gasteiger partial charge in [0.15, 0.2) is 5.78 Å². The second-order valence-electron chi connectivity index (χ2n) is 16.0. The van der Waals surface area contributed by atoms with E-state index < -0.39 is 29.7 Å². The van der Waals surface area contributed by atoms with Crippen LogP contribution in [0, 0.1) is 29.1 Å². The Morgan fingerprint density at radius 3 is 2.51 bits per heavy atom. The van der Waals surface area contributed by atoms with Crippen molar-refractivity contribution in [2.24, 2.45) is 29.1 Å². The first-order chi connectivity index (χ1) is 22.4. The van der Waals surface area contributed by atoms with Gasteiger partial charge in [0.25, 0.3) is 0 Å². The average molecular weight is 647 g/mol. The molecule has 1 N–H and O–H groups in total. The van der Waals surface area contributed by atoms with Crippen LogP contribution in [0.15, 0.2) is 18.2 Å². The van der Waals surface area contributed by atoms with E-state index in [-0.39, 0.29) is 35.7 Å². The molecule has 3 heterocycles. The fourth-order valence-corrected chi connectivity index (χ4v) is 9.01. The summed E-state index contributed by atoms with van der Waals surface area (Å²) >= 11 is 0. The first-order valence-corrected chi connectivity index (χ1v) is 17.7. The van der Waals surface area contributed by atoms with E-state index in [4.69, 9.17) is 24.2 Å². The predicted molar refractivity (Wildman–Crippen MR) is 176 cm³/mol. The molecule has 2 aliphatic heterocycles. The molecule has 3 aliphatic carbocycles. The number of carbonyl (C=O) groups is 3. The number of amides is 2. The maximum absolute atomic E-state index is 14.5. The molecule has 254 valence electrons. The first kappa shape index (κ1) is 32.1. The van der Waals surface area contributed by atoms with E-state index >= 15 is 0 Å². The van der Waals surface area contributed by atoms with Gasteiger partial charge in [0.05, 0.1) is 30.7 Å². The summed E-state index contributed by atoms with van der Waals surface area (Å²) in [6, 6.07) is 4.18. The van der Waals surface area contributed by atoms with Crippen LogP contribution in [-0.4, -0.2) is 70.6 Å². The molecular formula is C37H50N4O6. The lowest BCUT2D eigenvalue weighted by Crippen LogP contribution is -2.57. The topological polar surface area (TPSA) is 120 Å². The van der Waals surface area contributed by atoms with Gasteiger partial charge in [0.2, 0.25) is 11.8 Å². The molecule has 5 aliphatic rings. The second kappa shape index (κ2) is 11.9. The molecule has 10 nitrogen and oxygen atoms in total. The quantitative estimate of drug-likeness (QED) is 0.433. The second-order valence-corrected chi connectivity index (χ2v) is 16.0. The molecule has 1 saturated heterocycles. The van der Waals surface area contributed by atoms with Gasteiger partial charge in [-0.05, 0) is 87.2 Å². The molecule has 3 saturated carbocycles. The normalized spacial score (nSPS) is 33.4. The number of rotatable bonds is 3. The van der Waals surface area contributed by atoms with Crippen molar-refractivity contribution in [3.05, 3.63) is 23.9 Å². The molecule has 47 heavy (non-hydrogen) atoms. The zero-order valence-electron chi connectivity index (χ0n) is 28.7. The molecule has 2 bridgehead atoms. The number of nitrogens with zero attached hydrogens (tertiary/aromatic N) is 3. The highest BCUT2D eigenvalue weighted by molar-refractivity contribution is 5.92. The smallest absolute Gasteiger partial charge is 0.408 e. The monoisotopic (exact) mass is 646 g/mol. The van der Waals surface area contributed by atoms with Crippen molar-refractivity contribution in [1.82, 2.24) is 20.2 Å². The Bertz CT molecular complexity index is 1570. The Morgan fingerprint density at radius 2 is 1.83 bits per heavy atom. The number of aromatic nitrogens is 2. The third-order valence-electron chi connectivity index (χ3n) is 11.8. The van der Waals surface area contributed by atoms with Crippen molar-refractivity contribution in [3.8, 4) is 11.6 Å².